The van der Waals surface area contributed by atoms with Crippen LogP contribution in [-0.4, -0.2) is 0 Å². The number of aryl methyl sites for hydroxylation is 3. The van der Waals surface area contributed by atoms with E-state index < -0.39 is 0 Å². The van der Waals surface area contributed by atoms with Crippen LogP contribution in [0.15, 0.2) is 42.6 Å². The van der Waals surface area contributed by atoms with Gasteiger partial charge in [-0.05, 0) is 67.3 Å². The minimum absolute atomic E-state index is 0.897. The summed E-state index contributed by atoms with van der Waals surface area (Å²) in [7, 11) is 2.16. The molecule has 1 aliphatic rings. The summed E-state index contributed by atoms with van der Waals surface area (Å²) in [5.41, 5.74) is 8.28. The smallest absolute Gasteiger partial charge is 0.200 e. The van der Waals surface area contributed by atoms with Gasteiger partial charge in [0.1, 0.15) is 7.05 Å². The first-order valence-corrected chi connectivity index (χ1v) is 10.0. The molecule has 2 aromatic carbocycles. The van der Waals surface area contributed by atoms with E-state index in [1.165, 1.54) is 76.4 Å². The summed E-state index contributed by atoms with van der Waals surface area (Å²) < 4.78 is 2.28. The fraction of sp³-hybridized carbons (Fsp3) is 0.400. The molecule has 0 saturated heterocycles. The van der Waals surface area contributed by atoms with Crippen LogP contribution >= 0.6 is 0 Å². The van der Waals surface area contributed by atoms with E-state index in [1.807, 2.05) is 0 Å². The van der Waals surface area contributed by atoms with Crippen molar-refractivity contribution in [3.8, 4) is 11.3 Å². The minimum Gasteiger partial charge on any atom is -0.200 e. The first-order chi connectivity index (χ1) is 12.5. The van der Waals surface area contributed by atoms with Gasteiger partial charge in [0.2, 0.25) is 5.69 Å². The van der Waals surface area contributed by atoms with Crippen molar-refractivity contribution >= 4 is 10.8 Å². The van der Waals surface area contributed by atoms with Gasteiger partial charge in [0.05, 0.1) is 10.9 Å². The van der Waals surface area contributed by atoms with Crippen molar-refractivity contribution in [3.05, 3.63) is 64.8 Å². The van der Waals surface area contributed by atoms with E-state index in [4.69, 9.17) is 0 Å². The Labute approximate surface area is 157 Å². The molecule has 1 fully saturated rings. The molecule has 4 rings (SSSR count). The summed E-state index contributed by atoms with van der Waals surface area (Å²) >= 11 is 0. The minimum atomic E-state index is 0.897. The third-order valence-corrected chi connectivity index (χ3v) is 6.27. The van der Waals surface area contributed by atoms with E-state index in [-0.39, 0.29) is 0 Å². The molecule has 26 heavy (non-hydrogen) atoms. The normalized spacial score (nSPS) is 15.1. The van der Waals surface area contributed by atoms with Gasteiger partial charge in [-0.25, -0.2) is 4.57 Å². The summed E-state index contributed by atoms with van der Waals surface area (Å²) in [5.74, 6) is 0.897. The van der Waals surface area contributed by atoms with Crippen molar-refractivity contribution in [2.24, 2.45) is 13.0 Å². The lowest BCUT2D eigenvalue weighted by atomic mass is 9.92. The van der Waals surface area contributed by atoms with Gasteiger partial charge in [-0.2, -0.15) is 0 Å². The zero-order chi connectivity index (χ0) is 18.3. The Bertz CT molecular complexity index is 962. The Morgan fingerprint density at radius 1 is 0.962 bits per heavy atom. The molecule has 0 spiro atoms. The summed E-state index contributed by atoms with van der Waals surface area (Å²) in [6.45, 7) is 6.66. The molecule has 0 N–H and O–H groups in total. The first kappa shape index (κ1) is 17.3. The van der Waals surface area contributed by atoms with Gasteiger partial charge in [0, 0.05) is 6.07 Å². The number of rotatable bonds is 3. The van der Waals surface area contributed by atoms with Crippen LogP contribution < -0.4 is 4.57 Å². The molecular weight excluding hydrogens is 314 g/mol. The Kier molecular flexibility index (Phi) is 4.56. The van der Waals surface area contributed by atoms with E-state index in [0.717, 1.165) is 5.92 Å². The Balaban J connectivity index is 1.83. The van der Waals surface area contributed by atoms with Crippen LogP contribution in [0.1, 0.15) is 47.9 Å². The second kappa shape index (κ2) is 6.87. The van der Waals surface area contributed by atoms with Crippen LogP contribution in [0.3, 0.4) is 0 Å². The van der Waals surface area contributed by atoms with E-state index in [0.29, 0.717) is 0 Å². The second-order valence-electron chi connectivity index (χ2n) is 8.31. The topological polar surface area (TPSA) is 3.88 Å². The number of hydrogen-bond donors (Lipinski definition) is 0. The maximum absolute atomic E-state index is 2.43. The van der Waals surface area contributed by atoms with E-state index in [1.54, 1.807) is 0 Å². The zero-order valence-corrected chi connectivity index (χ0v) is 16.6. The Morgan fingerprint density at radius 2 is 1.73 bits per heavy atom. The number of benzene rings is 2. The maximum atomic E-state index is 2.43. The second-order valence-corrected chi connectivity index (χ2v) is 8.31. The van der Waals surface area contributed by atoms with Gasteiger partial charge in [0.15, 0.2) is 6.20 Å². The molecule has 3 aromatic rings. The average Bonchev–Trinajstić information content (AvgIpc) is 3.11. The Morgan fingerprint density at radius 3 is 2.50 bits per heavy atom. The quantitative estimate of drug-likeness (QED) is 0.514. The lowest BCUT2D eigenvalue weighted by molar-refractivity contribution is -0.659. The third kappa shape index (κ3) is 3.16. The largest absolute Gasteiger partial charge is 0.220 e. The Hall–Kier alpha value is -2.15. The first-order valence-electron chi connectivity index (χ1n) is 10.0. The van der Waals surface area contributed by atoms with Crippen LogP contribution in [0.2, 0.25) is 0 Å². The molecule has 0 unspecified atom stereocenters. The van der Waals surface area contributed by atoms with Gasteiger partial charge >= 0.3 is 0 Å². The fourth-order valence-electron chi connectivity index (χ4n) is 4.72. The average molecular weight is 345 g/mol. The number of pyridine rings is 1. The van der Waals surface area contributed by atoms with Crippen LogP contribution in [0.5, 0.6) is 0 Å². The number of aromatic nitrogens is 1. The molecule has 134 valence electrons. The zero-order valence-electron chi connectivity index (χ0n) is 16.6. The van der Waals surface area contributed by atoms with Crippen molar-refractivity contribution in [1.82, 2.24) is 0 Å². The van der Waals surface area contributed by atoms with Crippen molar-refractivity contribution in [2.45, 2.75) is 52.9 Å². The number of fused-ring (bicyclic) bond motifs is 1. The number of nitrogens with zero attached hydrogens (tertiary/aromatic N) is 1. The van der Waals surface area contributed by atoms with Crippen molar-refractivity contribution in [2.75, 3.05) is 0 Å². The highest BCUT2D eigenvalue weighted by atomic mass is 14.9. The molecule has 1 aromatic heterocycles. The van der Waals surface area contributed by atoms with Gasteiger partial charge < -0.3 is 0 Å². The monoisotopic (exact) mass is 344 g/mol. The maximum Gasteiger partial charge on any atom is 0.220 e. The molecule has 0 amide bonds. The van der Waals surface area contributed by atoms with Gasteiger partial charge in [-0.3, -0.25) is 0 Å². The van der Waals surface area contributed by atoms with Crippen molar-refractivity contribution in [1.29, 1.82) is 0 Å². The highest BCUT2D eigenvalue weighted by Crippen LogP contribution is 2.32. The number of hydrogen-bond acceptors (Lipinski definition) is 0. The molecule has 0 bridgehead atoms. The van der Waals surface area contributed by atoms with Gasteiger partial charge in [-0.1, -0.05) is 49.4 Å². The molecule has 0 aliphatic heterocycles. The predicted octanol–water partition coefficient (Wildman–Crippen LogP) is 5.99. The predicted molar refractivity (Wildman–Crippen MR) is 110 cm³/mol. The van der Waals surface area contributed by atoms with E-state index >= 15 is 0 Å². The fourth-order valence-corrected chi connectivity index (χ4v) is 4.72. The molecule has 0 radical (unpaired) electrons. The van der Waals surface area contributed by atoms with Gasteiger partial charge in [-0.15, -0.1) is 0 Å². The lowest BCUT2D eigenvalue weighted by Gasteiger charge is -2.13. The van der Waals surface area contributed by atoms with Crippen molar-refractivity contribution in [3.63, 3.8) is 0 Å². The highest BCUT2D eigenvalue weighted by Gasteiger charge is 2.20. The molecule has 0 atom stereocenters. The molecule has 1 heteroatoms. The molecule has 1 heterocycles. The van der Waals surface area contributed by atoms with Crippen LogP contribution in [-0.2, 0) is 13.5 Å². The molecule has 1 nitrogen and oxygen atoms in total. The van der Waals surface area contributed by atoms with E-state index in [2.05, 4.69) is 75.0 Å². The molecular formula is C25H30N+. The highest BCUT2D eigenvalue weighted by molar-refractivity contribution is 5.94. The SMILES string of the molecule is Cc1cc(C)c(C)c(-c2c3ccc(CC4CCCC4)cc3cc[n+]2C)c1. The summed E-state index contributed by atoms with van der Waals surface area (Å²) in [6.07, 6.45) is 9.13. The third-order valence-electron chi connectivity index (χ3n) is 6.27. The van der Waals surface area contributed by atoms with Gasteiger partial charge in [0.25, 0.3) is 0 Å². The van der Waals surface area contributed by atoms with Crippen LogP contribution in [0.25, 0.3) is 22.0 Å². The summed E-state index contributed by atoms with van der Waals surface area (Å²) in [6, 6.07) is 14.0. The standard InChI is InChI=1S/C25H30N/c1-17-13-18(2)19(3)24(14-17)25-23-10-9-21(15-20-7-5-6-8-20)16-22(23)11-12-26(25)4/h9-14,16,20H,5-8,15H2,1-4H3/q+1. The molecule has 1 saturated carbocycles. The summed E-state index contributed by atoms with van der Waals surface area (Å²) in [5, 5.41) is 2.73. The van der Waals surface area contributed by atoms with Crippen LogP contribution in [0, 0.1) is 26.7 Å². The molecule has 1 aliphatic carbocycles. The van der Waals surface area contributed by atoms with Crippen molar-refractivity contribution < 1.29 is 4.57 Å². The lowest BCUT2D eigenvalue weighted by Crippen LogP contribution is -2.30. The van der Waals surface area contributed by atoms with E-state index in [9.17, 15) is 0 Å². The summed E-state index contributed by atoms with van der Waals surface area (Å²) in [4.78, 5) is 0. The van der Waals surface area contributed by atoms with Crippen LogP contribution in [0.4, 0.5) is 0 Å².